The number of carboxylic acids is 1. The van der Waals surface area contributed by atoms with Crippen molar-refractivity contribution in [2.45, 2.75) is 64.2 Å². The van der Waals surface area contributed by atoms with Gasteiger partial charge < -0.3 is 38.3 Å². The van der Waals surface area contributed by atoms with Gasteiger partial charge >= 0.3 is 5.97 Å². The third kappa shape index (κ3) is 10.9. The minimum atomic E-state index is -1.20. The van der Waals surface area contributed by atoms with E-state index in [4.69, 9.17) is 22.3 Å². The predicted molar refractivity (Wildman–Crippen MR) is 132 cm³/mol. The Morgan fingerprint density at radius 3 is 2.11 bits per heavy atom. The van der Waals surface area contributed by atoms with Crippen LogP contribution in [0.4, 0.5) is 0 Å². The lowest BCUT2D eigenvalue weighted by Gasteiger charge is -2.26. The summed E-state index contributed by atoms with van der Waals surface area (Å²) in [6.45, 7) is 5.07. The molecule has 0 aliphatic heterocycles. The number of guanidine groups is 1. The van der Waals surface area contributed by atoms with Crippen LogP contribution in [0.1, 0.15) is 39.2 Å². The number of hydrogen-bond acceptors (Lipinski definition) is 6. The average Bonchev–Trinajstić information content (AvgIpc) is 2.79. The van der Waals surface area contributed by atoms with Crippen LogP contribution in [0.25, 0.3) is 0 Å². The quantitative estimate of drug-likeness (QED) is 0.0953. The Labute approximate surface area is 205 Å². The summed E-state index contributed by atoms with van der Waals surface area (Å²) in [6, 6.07) is 5.01. The van der Waals surface area contributed by atoms with Crippen molar-refractivity contribution in [1.29, 1.82) is 0 Å². The van der Waals surface area contributed by atoms with Gasteiger partial charge in [-0.2, -0.15) is 0 Å². The number of aliphatic imine (C=N–C) groups is 1. The lowest BCUT2D eigenvalue weighted by molar-refractivity contribution is -0.142. The summed E-state index contributed by atoms with van der Waals surface area (Å²) in [5.41, 5.74) is 17.3. The van der Waals surface area contributed by atoms with Crippen molar-refractivity contribution in [3.05, 3.63) is 35.9 Å². The van der Waals surface area contributed by atoms with Gasteiger partial charge in [-0.3, -0.25) is 24.2 Å². The van der Waals surface area contributed by atoms with E-state index in [0.717, 1.165) is 5.56 Å². The van der Waals surface area contributed by atoms with E-state index in [0.29, 0.717) is 19.4 Å². The number of carbonyl (C=O) groups excluding carboxylic acids is 3. The first-order chi connectivity index (χ1) is 16.4. The van der Waals surface area contributed by atoms with Crippen LogP contribution in [0.2, 0.25) is 0 Å². The van der Waals surface area contributed by atoms with E-state index in [1.54, 1.807) is 26.0 Å². The van der Waals surface area contributed by atoms with Crippen molar-refractivity contribution < 1.29 is 24.3 Å². The molecule has 12 nitrogen and oxygen atoms in total. The van der Waals surface area contributed by atoms with Crippen molar-refractivity contribution >= 4 is 29.7 Å². The smallest absolute Gasteiger partial charge is 0.325 e. The first-order valence-electron chi connectivity index (χ1n) is 11.4. The van der Waals surface area contributed by atoms with E-state index in [2.05, 4.69) is 20.9 Å². The molecule has 194 valence electrons. The summed E-state index contributed by atoms with van der Waals surface area (Å²) in [5, 5.41) is 16.7. The fourth-order valence-corrected chi connectivity index (χ4v) is 3.14. The lowest BCUT2D eigenvalue weighted by atomic mass is 10.00. The molecule has 0 saturated carbocycles. The summed E-state index contributed by atoms with van der Waals surface area (Å²) in [6.07, 6.45) is 0.933. The summed E-state index contributed by atoms with van der Waals surface area (Å²) >= 11 is 0. The number of carbonyl (C=O) groups is 4. The van der Waals surface area contributed by atoms with Gasteiger partial charge in [0.1, 0.15) is 18.1 Å². The monoisotopic (exact) mass is 491 g/mol. The summed E-state index contributed by atoms with van der Waals surface area (Å²) in [7, 11) is 0. The van der Waals surface area contributed by atoms with Gasteiger partial charge in [-0.05, 0) is 31.2 Å². The second kappa shape index (κ2) is 14.6. The van der Waals surface area contributed by atoms with Crippen molar-refractivity contribution in [2.75, 3.05) is 6.54 Å². The maximum Gasteiger partial charge on any atom is 0.325 e. The van der Waals surface area contributed by atoms with Gasteiger partial charge in [-0.25, -0.2) is 0 Å². The Bertz CT molecular complexity index is 888. The highest BCUT2D eigenvalue weighted by Crippen LogP contribution is 2.08. The summed E-state index contributed by atoms with van der Waals surface area (Å²) < 4.78 is 0. The molecular weight excluding hydrogens is 454 g/mol. The third-order valence-corrected chi connectivity index (χ3v) is 5.20. The molecule has 1 rings (SSSR count). The normalized spacial score (nSPS) is 14.2. The largest absolute Gasteiger partial charge is 0.480 e. The Hall–Kier alpha value is -3.67. The molecule has 0 fully saturated rings. The molecule has 3 amide bonds. The molecule has 0 aliphatic rings. The minimum Gasteiger partial charge on any atom is -0.480 e. The fraction of sp³-hybridized carbons (Fsp3) is 0.522. The number of rotatable bonds is 14. The topological polar surface area (TPSA) is 215 Å². The molecule has 4 atom stereocenters. The molecule has 12 heteroatoms. The van der Waals surface area contributed by atoms with E-state index in [1.807, 2.05) is 18.2 Å². The molecule has 0 heterocycles. The zero-order valence-electron chi connectivity index (χ0n) is 20.4. The predicted octanol–water partition coefficient (Wildman–Crippen LogP) is -1.18. The molecular formula is C23H37N7O5. The van der Waals surface area contributed by atoms with Gasteiger partial charge in [0.25, 0.3) is 0 Å². The SMILES string of the molecule is CC(NC(=O)C(NC(=O)C(Cc1ccccc1)NC(=O)C(N)CCCN=C(N)N)C(C)C)C(=O)O. The van der Waals surface area contributed by atoms with Gasteiger partial charge in [0, 0.05) is 13.0 Å². The number of hydrogen-bond donors (Lipinski definition) is 7. The van der Waals surface area contributed by atoms with Crippen molar-refractivity contribution in [3.8, 4) is 0 Å². The van der Waals surface area contributed by atoms with E-state index in [-0.39, 0.29) is 18.3 Å². The Morgan fingerprint density at radius 1 is 0.943 bits per heavy atom. The molecule has 0 aliphatic carbocycles. The van der Waals surface area contributed by atoms with Crippen LogP contribution in [0.3, 0.4) is 0 Å². The van der Waals surface area contributed by atoms with E-state index >= 15 is 0 Å². The van der Waals surface area contributed by atoms with Crippen LogP contribution in [-0.2, 0) is 25.6 Å². The van der Waals surface area contributed by atoms with Crippen molar-refractivity contribution in [1.82, 2.24) is 16.0 Å². The first-order valence-corrected chi connectivity index (χ1v) is 11.4. The van der Waals surface area contributed by atoms with Gasteiger partial charge in [0.2, 0.25) is 17.7 Å². The minimum absolute atomic E-state index is 0.0517. The number of amides is 3. The van der Waals surface area contributed by atoms with Crippen LogP contribution in [0, 0.1) is 5.92 Å². The standard InChI is InChI=1S/C23H37N7O5/c1-13(2)18(21(33)28-14(3)22(34)35)30-20(32)17(12-15-8-5-4-6-9-15)29-19(31)16(24)10-7-11-27-23(25)26/h4-6,8-9,13-14,16-18H,7,10-12,24H2,1-3H3,(H,28,33)(H,29,31)(H,30,32)(H,34,35)(H4,25,26,27). The maximum absolute atomic E-state index is 13.2. The van der Waals surface area contributed by atoms with Crippen LogP contribution in [0.5, 0.6) is 0 Å². The Morgan fingerprint density at radius 2 is 1.57 bits per heavy atom. The van der Waals surface area contributed by atoms with Crippen molar-refractivity contribution in [2.24, 2.45) is 28.1 Å². The molecule has 0 spiro atoms. The first kappa shape index (κ1) is 29.4. The number of nitrogens with two attached hydrogens (primary N) is 3. The molecule has 0 radical (unpaired) electrons. The van der Waals surface area contributed by atoms with Crippen LogP contribution < -0.4 is 33.2 Å². The zero-order valence-corrected chi connectivity index (χ0v) is 20.4. The van der Waals surface area contributed by atoms with Crippen LogP contribution in [0.15, 0.2) is 35.3 Å². The number of aliphatic carboxylic acids is 1. The molecule has 0 aromatic heterocycles. The number of benzene rings is 1. The summed E-state index contributed by atoms with van der Waals surface area (Å²) in [5.74, 6) is -3.35. The zero-order chi connectivity index (χ0) is 26.5. The number of nitrogens with one attached hydrogen (secondary N) is 3. The molecule has 0 saturated heterocycles. The third-order valence-electron chi connectivity index (χ3n) is 5.20. The average molecular weight is 492 g/mol. The van der Waals surface area contributed by atoms with E-state index in [9.17, 15) is 19.2 Å². The van der Waals surface area contributed by atoms with E-state index in [1.165, 1.54) is 6.92 Å². The Balaban J connectivity index is 2.95. The highest BCUT2D eigenvalue weighted by Gasteiger charge is 2.31. The van der Waals surface area contributed by atoms with Crippen LogP contribution in [-0.4, -0.2) is 65.5 Å². The second-order valence-electron chi connectivity index (χ2n) is 8.60. The van der Waals surface area contributed by atoms with Crippen molar-refractivity contribution in [3.63, 3.8) is 0 Å². The van der Waals surface area contributed by atoms with E-state index < -0.39 is 47.9 Å². The highest BCUT2D eigenvalue weighted by molar-refractivity contribution is 5.94. The molecule has 1 aromatic carbocycles. The fourth-order valence-electron chi connectivity index (χ4n) is 3.14. The molecule has 4 unspecified atom stereocenters. The van der Waals surface area contributed by atoms with Gasteiger partial charge in [0.15, 0.2) is 5.96 Å². The summed E-state index contributed by atoms with van der Waals surface area (Å²) in [4.78, 5) is 53.4. The number of carboxylic acid groups (broad SMARTS) is 1. The molecule has 10 N–H and O–H groups in total. The molecule has 35 heavy (non-hydrogen) atoms. The van der Waals surface area contributed by atoms with Gasteiger partial charge in [0.05, 0.1) is 6.04 Å². The van der Waals surface area contributed by atoms with Crippen LogP contribution >= 0.6 is 0 Å². The van der Waals surface area contributed by atoms with Gasteiger partial charge in [-0.15, -0.1) is 0 Å². The molecule has 1 aromatic rings. The molecule has 0 bridgehead atoms. The second-order valence-corrected chi connectivity index (χ2v) is 8.60. The highest BCUT2D eigenvalue weighted by atomic mass is 16.4. The lowest BCUT2D eigenvalue weighted by Crippen LogP contribution is -2.58. The maximum atomic E-state index is 13.2. The number of nitrogens with zero attached hydrogens (tertiary/aromatic N) is 1. The Kier molecular flexibility index (Phi) is 12.2. The van der Waals surface area contributed by atoms with Gasteiger partial charge in [-0.1, -0.05) is 44.2 Å².